The Hall–Kier alpha value is -1.20. The third-order valence-electron chi connectivity index (χ3n) is 2.74. The van der Waals surface area contributed by atoms with Crippen LogP contribution in [0.1, 0.15) is 23.6 Å². The van der Waals surface area contributed by atoms with Gasteiger partial charge in [-0.25, -0.2) is 4.21 Å². The van der Waals surface area contributed by atoms with Crippen LogP contribution in [0.3, 0.4) is 0 Å². The molecule has 0 saturated carbocycles. The lowest BCUT2D eigenvalue weighted by Gasteiger charge is -2.11. The molecule has 1 amide bonds. The average Bonchev–Trinajstić information content (AvgIpc) is 2.69. The van der Waals surface area contributed by atoms with E-state index in [1.807, 2.05) is 6.07 Å². The van der Waals surface area contributed by atoms with Crippen molar-refractivity contribution >= 4 is 35.6 Å². The summed E-state index contributed by atoms with van der Waals surface area (Å²) in [5.74, 6) is 0.0298. The van der Waals surface area contributed by atoms with E-state index in [1.54, 1.807) is 11.0 Å². The fourth-order valence-electron chi connectivity index (χ4n) is 1.93. The number of carbonyl (C=O) groups is 1. The lowest BCUT2D eigenvalue weighted by Crippen LogP contribution is -2.21. The first-order valence-corrected chi connectivity index (χ1v) is 6.18. The molecule has 0 N–H and O–H groups in total. The standard InChI is InChI=1S/C11H11ClN2O2S/c1-7(15)14-5-9-3-10(12)2-8(4-13-17-16)11(9)6-14/h2-4,17H,5-6H2,1H3/b13-4+. The van der Waals surface area contributed by atoms with Gasteiger partial charge in [-0.05, 0) is 23.3 Å². The Morgan fingerprint density at radius 1 is 1.53 bits per heavy atom. The van der Waals surface area contributed by atoms with Gasteiger partial charge < -0.3 is 4.90 Å². The fraction of sp³-hybridized carbons (Fsp3) is 0.273. The van der Waals surface area contributed by atoms with Crippen molar-refractivity contribution in [3.63, 3.8) is 0 Å². The molecule has 0 fully saturated rings. The van der Waals surface area contributed by atoms with Gasteiger partial charge in [-0.2, -0.15) is 4.40 Å². The molecule has 0 aromatic heterocycles. The fourth-order valence-corrected chi connectivity index (χ4v) is 2.35. The SMILES string of the molecule is CC(=O)N1Cc2cc(Cl)cc(/C=N/[SH]=O)c2C1. The number of rotatable bonds is 2. The van der Waals surface area contributed by atoms with Crippen LogP contribution in [0.4, 0.5) is 0 Å². The number of fused-ring (bicyclic) bond motifs is 1. The molecule has 0 atom stereocenters. The normalized spacial score (nSPS) is 14.4. The Kier molecular flexibility index (Phi) is 3.59. The molecule has 0 saturated heterocycles. The summed E-state index contributed by atoms with van der Waals surface area (Å²) in [6.07, 6.45) is 1.52. The first-order chi connectivity index (χ1) is 8.11. The molecule has 1 aromatic rings. The molecule has 1 aromatic carbocycles. The Morgan fingerprint density at radius 3 is 2.94 bits per heavy atom. The van der Waals surface area contributed by atoms with E-state index in [9.17, 15) is 9.00 Å². The van der Waals surface area contributed by atoms with Crippen LogP contribution < -0.4 is 0 Å². The maximum absolute atomic E-state index is 11.3. The van der Waals surface area contributed by atoms with Gasteiger partial charge in [-0.3, -0.25) is 4.79 Å². The second-order valence-electron chi connectivity index (χ2n) is 3.83. The van der Waals surface area contributed by atoms with Crippen LogP contribution >= 0.6 is 11.6 Å². The summed E-state index contributed by atoms with van der Waals surface area (Å²) in [5, 5.41) is 0.596. The molecule has 0 spiro atoms. The van der Waals surface area contributed by atoms with Crippen molar-refractivity contribution in [2.45, 2.75) is 20.0 Å². The maximum Gasteiger partial charge on any atom is 0.220 e. The molecule has 1 aliphatic heterocycles. The first kappa shape index (κ1) is 12.3. The molecule has 0 unspecified atom stereocenters. The monoisotopic (exact) mass is 270 g/mol. The number of carbonyl (C=O) groups excluding carboxylic acids is 1. The van der Waals surface area contributed by atoms with Crippen LogP contribution in [-0.4, -0.2) is 21.2 Å². The first-order valence-electron chi connectivity index (χ1n) is 5.04. The zero-order valence-corrected chi connectivity index (χ0v) is 10.8. The van der Waals surface area contributed by atoms with Crippen molar-refractivity contribution in [1.29, 1.82) is 0 Å². The second kappa shape index (κ2) is 4.98. The van der Waals surface area contributed by atoms with E-state index in [-0.39, 0.29) is 17.8 Å². The van der Waals surface area contributed by atoms with Crippen molar-refractivity contribution in [2.75, 3.05) is 0 Å². The molecule has 2 rings (SSSR count). The minimum absolute atomic E-state index is 0.0298. The van der Waals surface area contributed by atoms with Gasteiger partial charge in [0, 0.05) is 36.8 Å². The Bertz CT molecular complexity index is 516. The summed E-state index contributed by atoms with van der Waals surface area (Å²) in [6, 6.07) is 3.62. The van der Waals surface area contributed by atoms with Gasteiger partial charge in [-0.15, -0.1) is 0 Å². The van der Waals surface area contributed by atoms with Gasteiger partial charge in [0.25, 0.3) is 0 Å². The highest BCUT2D eigenvalue weighted by Crippen LogP contribution is 2.28. The molecule has 17 heavy (non-hydrogen) atoms. The van der Waals surface area contributed by atoms with E-state index in [4.69, 9.17) is 11.6 Å². The van der Waals surface area contributed by atoms with Gasteiger partial charge in [0.15, 0.2) is 0 Å². The molecule has 1 aliphatic rings. The van der Waals surface area contributed by atoms with Crippen LogP contribution in [0, 0.1) is 0 Å². The minimum Gasteiger partial charge on any atom is -0.334 e. The van der Waals surface area contributed by atoms with E-state index in [2.05, 4.69) is 4.40 Å². The average molecular weight is 271 g/mol. The topological polar surface area (TPSA) is 49.7 Å². The summed E-state index contributed by atoms with van der Waals surface area (Å²) in [4.78, 5) is 13.1. The number of amides is 1. The molecule has 0 bridgehead atoms. The lowest BCUT2D eigenvalue weighted by molar-refractivity contribution is -0.129. The zero-order chi connectivity index (χ0) is 12.4. The third kappa shape index (κ3) is 2.56. The van der Waals surface area contributed by atoms with Gasteiger partial charge in [0.1, 0.15) is 11.9 Å². The van der Waals surface area contributed by atoms with Crippen molar-refractivity contribution in [3.8, 4) is 0 Å². The molecule has 0 aliphatic carbocycles. The van der Waals surface area contributed by atoms with Crippen LogP contribution in [-0.2, 0) is 29.7 Å². The van der Waals surface area contributed by atoms with E-state index in [0.29, 0.717) is 18.1 Å². The summed E-state index contributed by atoms with van der Waals surface area (Å²) in [6.45, 7) is 2.66. The third-order valence-corrected chi connectivity index (χ3v) is 3.17. The highest BCUT2D eigenvalue weighted by Gasteiger charge is 2.23. The predicted molar refractivity (Wildman–Crippen MR) is 68.5 cm³/mol. The van der Waals surface area contributed by atoms with Crippen LogP contribution in [0.25, 0.3) is 0 Å². The largest absolute Gasteiger partial charge is 0.334 e. The zero-order valence-electron chi connectivity index (χ0n) is 9.18. The van der Waals surface area contributed by atoms with Crippen LogP contribution in [0.15, 0.2) is 16.5 Å². The number of benzene rings is 1. The summed E-state index contributed by atoms with van der Waals surface area (Å²) in [7, 11) is 0. The quantitative estimate of drug-likeness (QED) is 0.654. The van der Waals surface area contributed by atoms with E-state index >= 15 is 0 Å². The van der Waals surface area contributed by atoms with Crippen molar-refractivity contribution in [1.82, 2.24) is 4.90 Å². The van der Waals surface area contributed by atoms with Crippen LogP contribution in [0.5, 0.6) is 0 Å². The number of thiol groups is 1. The smallest absolute Gasteiger partial charge is 0.220 e. The molecule has 4 nitrogen and oxygen atoms in total. The van der Waals surface area contributed by atoms with Crippen molar-refractivity contribution in [3.05, 3.63) is 33.8 Å². The Morgan fingerprint density at radius 2 is 2.29 bits per heavy atom. The minimum atomic E-state index is -0.285. The Labute approximate surface area is 108 Å². The Balaban J connectivity index is 2.42. The van der Waals surface area contributed by atoms with Gasteiger partial charge in [0.2, 0.25) is 5.91 Å². The van der Waals surface area contributed by atoms with Gasteiger partial charge in [-0.1, -0.05) is 11.6 Å². The highest BCUT2D eigenvalue weighted by molar-refractivity contribution is 7.64. The highest BCUT2D eigenvalue weighted by atomic mass is 35.5. The second-order valence-corrected chi connectivity index (χ2v) is 4.66. The molecule has 6 heteroatoms. The van der Waals surface area contributed by atoms with E-state index in [0.717, 1.165) is 16.7 Å². The summed E-state index contributed by atoms with van der Waals surface area (Å²) >= 11 is 5.70. The van der Waals surface area contributed by atoms with Gasteiger partial charge >= 0.3 is 0 Å². The lowest BCUT2D eigenvalue weighted by atomic mass is 10.0. The number of nitrogens with zero attached hydrogens (tertiary/aromatic N) is 2. The number of hydrogen-bond acceptors (Lipinski definition) is 2. The number of halogens is 1. The molecular formula is C11H11ClN2O2S. The molecule has 90 valence electrons. The van der Waals surface area contributed by atoms with E-state index < -0.39 is 0 Å². The molecule has 0 radical (unpaired) electrons. The predicted octanol–water partition coefficient (Wildman–Crippen LogP) is 1.48. The van der Waals surface area contributed by atoms with Crippen molar-refractivity contribution in [2.24, 2.45) is 4.40 Å². The van der Waals surface area contributed by atoms with Crippen LogP contribution in [0.2, 0.25) is 5.02 Å². The maximum atomic E-state index is 11.3. The molecule has 1 heterocycles. The van der Waals surface area contributed by atoms with Crippen molar-refractivity contribution < 1.29 is 9.00 Å². The van der Waals surface area contributed by atoms with Gasteiger partial charge in [0.05, 0.1) is 0 Å². The summed E-state index contributed by atoms with van der Waals surface area (Å²) in [5.41, 5.74) is 2.87. The summed E-state index contributed by atoms with van der Waals surface area (Å²) < 4.78 is 14.0. The van der Waals surface area contributed by atoms with E-state index in [1.165, 1.54) is 13.1 Å². The molecular weight excluding hydrogens is 260 g/mol. The number of hydrogen-bond donors (Lipinski definition) is 1.